The topological polar surface area (TPSA) is 91.8 Å². The monoisotopic (exact) mass is 1220 g/mol. The van der Waals surface area contributed by atoms with E-state index in [1.165, 1.54) is 22.5 Å². The molecule has 0 fully saturated rings. The van der Waals surface area contributed by atoms with Crippen LogP contribution in [0.5, 0.6) is 0 Å². The van der Waals surface area contributed by atoms with E-state index in [1.807, 2.05) is 59.9 Å². The van der Waals surface area contributed by atoms with Crippen molar-refractivity contribution in [3.05, 3.63) is 226 Å². The molecule has 0 bridgehead atoms. The number of nitrogens with zero attached hydrogens (tertiary/aromatic N) is 10. The Morgan fingerprint density at radius 2 is 0.879 bits per heavy atom. The number of hydrogen-bond acceptors (Lipinski definition) is 4. The molecular weight excluding hydrogens is 1180 g/mol. The molecule has 6 heterocycles. The van der Waals surface area contributed by atoms with Crippen molar-refractivity contribution in [1.29, 1.82) is 0 Å². The Bertz CT molecular complexity index is 3120. The van der Waals surface area contributed by atoms with E-state index in [9.17, 15) is 0 Å². The van der Waals surface area contributed by atoms with Crippen LogP contribution in [-0.2, 0) is 53.0 Å². The first kappa shape index (κ1) is 44.4. The van der Waals surface area contributed by atoms with Gasteiger partial charge in [0.05, 0.1) is 22.2 Å². The van der Waals surface area contributed by atoms with Crippen LogP contribution in [0.4, 0.5) is 11.4 Å². The van der Waals surface area contributed by atoms with Gasteiger partial charge in [0.1, 0.15) is 11.4 Å². The first-order valence-corrected chi connectivity index (χ1v) is 21.3. The van der Waals surface area contributed by atoms with E-state index in [4.69, 9.17) is 9.97 Å². The zero-order valence-electron chi connectivity index (χ0n) is 37.0. The van der Waals surface area contributed by atoms with Crippen LogP contribution in [0.1, 0.15) is 72.7 Å². The van der Waals surface area contributed by atoms with Crippen LogP contribution in [0.3, 0.4) is 0 Å². The second-order valence-electron chi connectivity index (χ2n) is 16.5. The Labute approximate surface area is 412 Å². The number of hydrogen-bond donors (Lipinski definition) is 0. The molecule has 2 unspecified atom stereocenters. The minimum Gasteiger partial charge on any atom is -0.581 e. The fraction of sp³-hybridized carbons (Fsp3) is 0.148. The average molecular weight is 1220 g/mol. The van der Waals surface area contributed by atoms with Crippen LogP contribution in [0.25, 0.3) is 22.3 Å². The minimum atomic E-state index is -0.683. The van der Waals surface area contributed by atoms with Gasteiger partial charge in [0, 0.05) is 62.6 Å². The summed E-state index contributed by atoms with van der Waals surface area (Å²) < 4.78 is 8.14. The largest absolute Gasteiger partial charge is 2.00 e. The summed E-state index contributed by atoms with van der Waals surface area (Å²) in [7, 11) is 4.02. The van der Waals surface area contributed by atoms with Gasteiger partial charge < -0.3 is 20.4 Å². The van der Waals surface area contributed by atoms with Crippen molar-refractivity contribution in [1.82, 2.24) is 30.4 Å². The second-order valence-corrected chi connectivity index (χ2v) is 16.5. The molecule has 0 radical (unpaired) electrons. The zero-order chi connectivity index (χ0) is 43.7. The summed E-state index contributed by atoms with van der Waals surface area (Å²) >= 11 is 0. The number of rotatable bonds is 6. The molecule has 0 N–H and O–H groups in total. The number of pyridine rings is 2. The molecule has 4 aliphatic rings. The van der Waals surface area contributed by atoms with E-state index >= 15 is 0 Å². The summed E-state index contributed by atoms with van der Waals surface area (Å²) in [6.45, 7) is 8.40. The smallest absolute Gasteiger partial charge is 0.581 e. The third-order valence-electron chi connectivity index (χ3n) is 13.3. The quantitative estimate of drug-likeness (QED) is 0.122. The number of aromatic nitrogens is 6. The zero-order valence-corrected chi connectivity index (χ0v) is 41.5. The molecule has 2 atom stereocenters. The molecule has 4 aromatic heterocycles. The van der Waals surface area contributed by atoms with Gasteiger partial charge in [0.25, 0.3) is 22.8 Å². The van der Waals surface area contributed by atoms with E-state index in [0.29, 0.717) is 0 Å². The molecule has 324 valence electrons. The van der Waals surface area contributed by atoms with Crippen LogP contribution in [0.2, 0.25) is 0 Å². The normalized spacial score (nSPS) is 18.4. The molecule has 2 aliphatic carbocycles. The van der Waals surface area contributed by atoms with Gasteiger partial charge >= 0.3 is 54.1 Å². The summed E-state index contributed by atoms with van der Waals surface area (Å²) in [6.07, 6.45) is 7.20. The van der Waals surface area contributed by atoms with Gasteiger partial charge in [0.15, 0.2) is 14.1 Å². The van der Waals surface area contributed by atoms with Crippen molar-refractivity contribution < 1.29 is 60.4 Å². The van der Waals surface area contributed by atoms with Crippen molar-refractivity contribution in [2.24, 2.45) is 0 Å². The summed E-state index contributed by atoms with van der Waals surface area (Å²) in [5, 5.41) is 17.5. The first-order valence-electron chi connectivity index (χ1n) is 21.3. The molecule has 2 aliphatic heterocycles. The average Bonchev–Trinajstić information content (AvgIpc) is 4.22. The summed E-state index contributed by atoms with van der Waals surface area (Å²) in [4.78, 5) is 9.78. The number of fused-ring (bicyclic) bond motifs is 6. The van der Waals surface area contributed by atoms with E-state index in [1.54, 1.807) is 12.4 Å². The van der Waals surface area contributed by atoms with Crippen LogP contribution in [0, 0.1) is 12.1 Å². The summed E-state index contributed by atoms with van der Waals surface area (Å²) in [5.74, 6) is 0. The van der Waals surface area contributed by atoms with Crippen LogP contribution in [0.15, 0.2) is 169 Å². The molecule has 8 aromatic rings. The Balaban J connectivity index is 0.000000161. The second kappa shape index (κ2) is 17.2. The third-order valence-corrected chi connectivity index (χ3v) is 13.3. The standard InChI is InChI=1S/2C27H21N5.2Pt/c2*1-18-19(2)32(17-31(18)3)21-9-6-8-20(16-21)27(25-13-15-29-30-25)24-12-5-4-10-22(24)23-11-7-14-28-26(23)27;;/h2*4-15H,1-3H3;;/q;;2*+2. The number of allylic oxidation sites excluding steroid dienone is 4. The van der Waals surface area contributed by atoms with E-state index in [0.717, 1.165) is 78.9 Å². The Morgan fingerprint density at radius 1 is 0.470 bits per heavy atom. The molecule has 0 saturated carbocycles. The van der Waals surface area contributed by atoms with Gasteiger partial charge in [-0.05, 0) is 34.4 Å². The predicted octanol–water partition coefficient (Wildman–Crippen LogP) is 8.64. The predicted molar refractivity (Wildman–Crippen MR) is 242 cm³/mol. The van der Waals surface area contributed by atoms with Gasteiger partial charge in [-0.1, -0.05) is 103 Å². The van der Waals surface area contributed by atoms with Crippen LogP contribution < -0.4 is 10.2 Å². The van der Waals surface area contributed by atoms with Crippen LogP contribution >= 0.6 is 0 Å². The minimum absolute atomic E-state index is 0. The molecule has 12 heteroatoms. The van der Waals surface area contributed by atoms with Crippen LogP contribution in [-0.4, -0.2) is 64.6 Å². The van der Waals surface area contributed by atoms with E-state index in [2.05, 4.69) is 178 Å². The van der Waals surface area contributed by atoms with Gasteiger partial charge in [-0.2, -0.15) is 36.7 Å². The van der Waals surface area contributed by atoms with Crippen molar-refractivity contribution >= 4 is 23.4 Å². The molecule has 0 amide bonds. The van der Waals surface area contributed by atoms with Gasteiger partial charge in [0.2, 0.25) is 0 Å². The van der Waals surface area contributed by atoms with Crippen molar-refractivity contribution in [3.63, 3.8) is 0 Å². The maximum absolute atomic E-state index is 4.89. The maximum atomic E-state index is 4.89. The van der Waals surface area contributed by atoms with Crippen molar-refractivity contribution in [2.75, 3.05) is 14.1 Å². The van der Waals surface area contributed by atoms with Crippen molar-refractivity contribution in [3.8, 4) is 22.3 Å². The summed E-state index contributed by atoms with van der Waals surface area (Å²) in [6, 6.07) is 55.9. The third kappa shape index (κ3) is 6.47. The fourth-order valence-corrected chi connectivity index (χ4v) is 9.88. The Hall–Kier alpha value is -6.78. The SMILES string of the molecule is CC1=C(C)[N+](c2[c-]c(C3(c4cc[n-]n4)c4ccccc4-c4cccnc43)ccc2)=C=[N+]1C.CC1=C(C)[N+](c2[c-]c(C3(c4cc[n-]n4)c4ccccc4-c4cccnc43)ccc2)=C=[N+]1C.[Pt+2].[Pt+2]. The molecule has 0 spiro atoms. The molecular formula is C54H42N10Pt2+4. The number of benzene rings is 4. The molecule has 66 heavy (non-hydrogen) atoms. The summed E-state index contributed by atoms with van der Waals surface area (Å²) in [5.41, 5.74) is 17.6. The fourth-order valence-electron chi connectivity index (χ4n) is 9.88. The van der Waals surface area contributed by atoms with E-state index in [-0.39, 0.29) is 42.1 Å². The van der Waals surface area contributed by atoms with Gasteiger partial charge in [-0.3, -0.25) is 9.97 Å². The van der Waals surface area contributed by atoms with E-state index < -0.39 is 10.8 Å². The first-order chi connectivity index (χ1) is 31.2. The molecule has 0 saturated heterocycles. The molecule has 4 aromatic carbocycles. The maximum Gasteiger partial charge on any atom is 2.00 e. The Kier molecular flexibility index (Phi) is 11.6. The Morgan fingerprint density at radius 3 is 1.26 bits per heavy atom. The van der Waals surface area contributed by atoms with Gasteiger partial charge in [-0.15, -0.1) is 23.3 Å². The van der Waals surface area contributed by atoms with Crippen molar-refractivity contribution in [2.45, 2.75) is 38.5 Å². The van der Waals surface area contributed by atoms with Gasteiger partial charge in [-0.25, -0.2) is 0 Å². The molecule has 12 rings (SSSR count). The molecule has 10 nitrogen and oxygen atoms in total.